The van der Waals surface area contributed by atoms with Gasteiger partial charge in [0.05, 0.1) is 5.69 Å². The van der Waals surface area contributed by atoms with Crippen LogP contribution in [0.2, 0.25) is 5.02 Å². The first-order chi connectivity index (χ1) is 7.43. The van der Waals surface area contributed by atoms with E-state index in [0.29, 0.717) is 23.8 Å². The Labute approximate surface area is 101 Å². The van der Waals surface area contributed by atoms with E-state index in [9.17, 15) is 8.42 Å². The number of aryl methyl sites for hydroxylation is 1. The summed E-state index contributed by atoms with van der Waals surface area (Å²) in [6.07, 6.45) is 0. The van der Waals surface area contributed by atoms with Crippen molar-refractivity contribution in [2.45, 2.75) is 6.92 Å². The third kappa shape index (κ3) is 1.79. The molecule has 1 aliphatic rings. The van der Waals surface area contributed by atoms with E-state index in [2.05, 4.69) is 0 Å². The van der Waals surface area contributed by atoms with Crippen molar-refractivity contribution in [1.29, 1.82) is 0 Å². The van der Waals surface area contributed by atoms with Crippen LogP contribution in [0.25, 0.3) is 0 Å². The molecular formula is C10H13ClN2O2S. The number of hydrogen-bond acceptors (Lipinski definition) is 2. The number of likely N-dealkylation sites (N-methyl/N-ethyl adjacent to an activating group) is 1. The first-order valence-electron chi connectivity index (χ1n) is 4.93. The van der Waals surface area contributed by atoms with Gasteiger partial charge in [0.25, 0.3) is 0 Å². The molecule has 0 aliphatic carbocycles. The minimum atomic E-state index is -3.34. The summed E-state index contributed by atoms with van der Waals surface area (Å²) in [7, 11) is -1.77. The van der Waals surface area contributed by atoms with Crippen LogP contribution in [-0.4, -0.2) is 32.9 Å². The summed E-state index contributed by atoms with van der Waals surface area (Å²) in [4.78, 5) is 0. The van der Waals surface area contributed by atoms with Crippen molar-refractivity contribution >= 4 is 27.5 Å². The molecular weight excluding hydrogens is 248 g/mol. The maximum atomic E-state index is 11.9. The Bertz CT molecular complexity index is 516. The lowest BCUT2D eigenvalue weighted by Crippen LogP contribution is -2.30. The molecule has 2 rings (SSSR count). The number of hydrogen-bond donors (Lipinski definition) is 0. The molecule has 6 heteroatoms. The molecule has 0 N–H and O–H groups in total. The van der Waals surface area contributed by atoms with Gasteiger partial charge in [0, 0.05) is 25.2 Å². The van der Waals surface area contributed by atoms with Gasteiger partial charge in [-0.3, -0.25) is 4.31 Å². The molecule has 0 unspecified atom stereocenters. The van der Waals surface area contributed by atoms with Gasteiger partial charge in [-0.05, 0) is 24.6 Å². The van der Waals surface area contributed by atoms with E-state index in [1.165, 1.54) is 8.61 Å². The molecule has 16 heavy (non-hydrogen) atoms. The van der Waals surface area contributed by atoms with Gasteiger partial charge in [-0.1, -0.05) is 17.7 Å². The lowest BCUT2D eigenvalue weighted by atomic mass is 10.2. The van der Waals surface area contributed by atoms with Crippen LogP contribution in [0.5, 0.6) is 0 Å². The predicted molar refractivity (Wildman–Crippen MR) is 65.1 cm³/mol. The van der Waals surface area contributed by atoms with Gasteiger partial charge in [0.15, 0.2) is 0 Å². The zero-order valence-corrected chi connectivity index (χ0v) is 10.7. The molecule has 1 heterocycles. The van der Waals surface area contributed by atoms with Crippen LogP contribution in [0.15, 0.2) is 18.2 Å². The van der Waals surface area contributed by atoms with Crippen LogP contribution in [0.3, 0.4) is 0 Å². The van der Waals surface area contributed by atoms with Crippen LogP contribution in [0, 0.1) is 6.92 Å². The average Bonchev–Trinajstić information content (AvgIpc) is 2.47. The molecule has 4 nitrogen and oxygen atoms in total. The standard InChI is InChI=1S/C10H13ClN2O2S/c1-8-3-4-9(7-10(8)11)13-6-5-12(2)16(13,14)15/h3-4,7H,5-6H2,1-2H3. The van der Waals surface area contributed by atoms with Crippen LogP contribution in [-0.2, 0) is 10.2 Å². The van der Waals surface area contributed by atoms with E-state index in [-0.39, 0.29) is 0 Å². The normalized spacial score (nSPS) is 20.3. The summed E-state index contributed by atoms with van der Waals surface area (Å²) < 4.78 is 26.5. The fraction of sp³-hybridized carbons (Fsp3) is 0.400. The SMILES string of the molecule is Cc1ccc(N2CCN(C)S2(=O)=O)cc1Cl. The predicted octanol–water partition coefficient (Wildman–Crippen LogP) is 1.65. The van der Waals surface area contributed by atoms with E-state index in [4.69, 9.17) is 11.6 Å². The molecule has 1 aromatic carbocycles. The summed E-state index contributed by atoms with van der Waals surface area (Å²) in [5.74, 6) is 0. The highest BCUT2D eigenvalue weighted by Gasteiger charge is 2.33. The molecule has 0 spiro atoms. The highest BCUT2D eigenvalue weighted by atomic mass is 35.5. The zero-order chi connectivity index (χ0) is 11.9. The molecule has 0 bridgehead atoms. The summed E-state index contributed by atoms with van der Waals surface area (Å²) in [5, 5.41) is 0.585. The summed E-state index contributed by atoms with van der Waals surface area (Å²) in [5.41, 5.74) is 1.57. The Hall–Kier alpha value is -0.780. The van der Waals surface area contributed by atoms with Crippen molar-refractivity contribution in [2.24, 2.45) is 0 Å². The summed E-state index contributed by atoms with van der Waals surface area (Å²) >= 11 is 5.99. The van der Waals surface area contributed by atoms with E-state index in [0.717, 1.165) is 5.56 Å². The van der Waals surface area contributed by atoms with Gasteiger partial charge in [-0.15, -0.1) is 0 Å². The monoisotopic (exact) mass is 260 g/mol. The van der Waals surface area contributed by atoms with Gasteiger partial charge in [0.1, 0.15) is 0 Å². The van der Waals surface area contributed by atoms with Crippen molar-refractivity contribution < 1.29 is 8.42 Å². The minimum Gasteiger partial charge on any atom is -0.256 e. The fourth-order valence-corrected chi connectivity index (χ4v) is 3.15. The van der Waals surface area contributed by atoms with Crippen molar-refractivity contribution in [3.05, 3.63) is 28.8 Å². The van der Waals surface area contributed by atoms with Crippen molar-refractivity contribution in [3.8, 4) is 0 Å². The Morgan fingerprint density at radius 1 is 1.31 bits per heavy atom. The smallest absolute Gasteiger partial charge is 0.256 e. The maximum Gasteiger partial charge on any atom is 0.303 e. The summed E-state index contributed by atoms with van der Waals surface area (Å²) in [6, 6.07) is 5.29. The topological polar surface area (TPSA) is 40.6 Å². The van der Waals surface area contributed by atoms with Crippen molar-refractivity contribution in [1.82, 2.24) is 4.31 Å². The molecule has 0 radical (unpaired) electrons. The van der Waals surface area contributed by atoms with E-state index < -0.39 is 10.2 Å². The quantitative estimate of drug-likeness (QED) is 0.770. The zero-order valence-electron chi connectivity index (χ0n) is 9.14. The van der Waals surface area contributed by atoms with Gasteiger partial charge < -0.3 is 0 Å². The van der Waals surface area contributed by atoms with Gasteiger partial charge >= 0.3 is 10.2 Å². The van der Waals surface area contributed by atoms with Crippen molar-refractivity contribution in [3.63, 3.8) is 0 Å². The minimum absolute atomic E-state index is 0.470. The molecule has 1 saturated heterocycles. The number of anilines is 1. The molecule has 0 amide bonds. The van der Waals surface area contributed by atoms with Crippen LogP contribution < -0.4 is 4.31 Å². The fourth-order valence-electron chi connectivity index (χ4n) is 1.63. The van der Waals surface area contributed by atoms with Gasteiger partial charge in [0.2, 0.25) is 0 Å². The first-order valence-corrected chi connectivity index (χ1v) is 6.70. The number of rotatable bonds is 1. The van der Waals surface area contributed by atoms with Crippen LogP contribution in [0.1, 0.15) is 5.56 Å². The second kappa shape index (κ2) is 3.91. The highest BCUT2D eigenvalue weighted by Crippen LogP contribution is 2.28. The third-order valence-corrected chi connectivity index (χ3v) is 5.06. The van der Waals surface area contributed by atoms with Gasteiger partial charge in [-0.2, -0.15) is 12.7 Å². The van der Waals surface area contributed by atoms with E-state index in [1.54, 1.807) is 19.2 Å². The second-order valence-corrected chi connectivity index (χ2v) is 6.20. The van der Waals surface area contributed by atoms with E-state index >= 15 is 0 Å². The maximum absolute atomic E-state index is 11.9. The Morgan fingerprint density at radius 3 is 2.50 bits per heavy atom. The van der Waals surface area contributed by atoms with Crippen LogP contribution in [0.4, 0.5) is 5.69 Å². The largest absolute Gasteiger partial charge is 0.303 e. The number of halogens is 1. The molecule has 1 aliphatic heterocycles. The second-order valence-electron chi connectivity index (χ2n) is 3.83. The molecule has 0 atom stereocenters. The summed E-state index contributed by atoms with van der Waals surface area (Å²) in [6.45, 7) is 2.86. The number of benzene rings is 1. The Kier molecular flexibility index (Phi) is 2.86. The number of nitrogens with zero attached hydrogens (tertiary/aromatic N) is 2. The van der Waals surface area contributed by atoms with Crippen LogP contribution >= 0.6 is 11.6 Å². The molecule has 88 valence electrons. The first kappa shape index (κ1) is 11.7. The lowest BCUT2D eigenvalue weighted by molar-refractivity contribution is 0.511. The van der Waals surface area contributed by atoms with E-state index in [1.807, 2.05) is 13.0 Å². The average molecular weight is 261 g/mol. The third-order valence-electron chi connectivity index (χ3n) is 2.73. The highest BCUT2D eigenvalue weighted by molar-refractivity contribution is 7.90. The van der Waals surface area contributed by atoms with Gasteiger partial charge in [-0.25, -0.2) is 0 Å². The molecule has 0 aromatic heterocycles. The Morgan fingerprint density at radius 2 is 2.00 bits per heavy atom. The molecule has 1 fully saturated rings. The lowest BCUT2D eigenvalue weighted by Gasteiger charge is -2.18. The molecule has 0 saturated carbocycles. The Balaban J connectivity index is 2.43. The van der Waals surface area contributed by atoms with Crippen molar-refractivity contribution in [2.75, 3.05) is 24.4 Å². The molecule has 1 aromatic rings.